The molecule has 0 radical (unpaired) electrons. The van der Waals surface area contributed by atoms with Gasteiger partial charge in [0.25, 0.3) is 0 Å². The second-order valence-electron chi connectivity index (χ2n) is 3.83. The topological polar surface area (TPSA) is 75.4 Å². The molecule has 1 fully saturated rings. The summed E-state index contributed by atoms with van der Waals surface area (Å²) in [6.07, 6.45) is 3.57. The molecule has 5 nitrogen and oxygen atoms in total. The van der Waals surface area contributed by atoms with Crippen LogP contribution in [0.4, 0.5) is 4.79 Å². The van der Waals surface area contributed by atoms with Gasteiger partial charge >= 0.3 is 6.03 Å². The van der Waals surface area contributed by atoms with E-state index in [4.69, 9.17) is 5.73 Å². The van der Waals surface area contributed by atoms with E-state index in [1.165, 1.54) is 0 Å². The maximum Gasteiger partial charge on any atom is 0.314 e. The first-order chi connectivity index (χ1) is 7.09. The van der Waals surface area contributed by atoms with Crippen LogP contribution < -0.4 is 11.1 Å². The molecular weight excluding hydrogens is 214 g/mol. The molecule has 0 aliphatic carbocycles. The van der Waals surface area contributed by atoms with Gasteiger partial charge < -0.3 is 16.0 Å². The largest absolute Gasteiger partial charge is 0.351 e. The third-order valence-electron chi connectivity index (χ3n) is 2.63. The van der Waals surface area contributed by atoms with Crippen LogP contribution in [0.25, 0.3) is 0 Å². The van der Waals surface area contributed by atoms with Gasteiger partial charge in [0.2, 0.25) is 0 Å². The molecule has 1 aliphatic heterocycles. The molecule has 1 aliphatic rings. The first-order valence-electron chi connectivity index (χ1n) is 5.17. The highest BCUT2D eigenvalue weighted by molar-refractivity contribution is 7.84. The molecule has 0 aromatic rings. The van der Waals surface area contributed by atoms with E-state index < -0.39 is 10.8 Å². The molecule has 1 unspecified atom stereocenters. The number of nitrogens with one attached hydrogen (secondary N) is 1. The van der Waals surface area contributed by atoms with E-state index in [0.29, 0.717) is 11.8 Å². The van der Waals surface area contributed by atoms with E-state index in [0.717, 1.165) is 32.5 Å². The van der Waals surface area contributed by atoms with Crippen molar-refractivity contribution in [1.82, 2.24) is 10.2 Å². The van der Waals surface area contributed by atoms with Crippen molar-refractivity contribution in [2.75, 3.05) is 31.6 Å². The molecule has 0 bridgehead atoms. The monoisotopic (exact) mass is 233 g/mol. The number of carbonyl (C=O) groups excluding carboxylic acids is 1. The Morgan fingerprint density at radius 2 is 2.13 bits per heavy atom. The standard InChI is InChI=1S/C9H19N3O2S/c1-15(14)7-4-11-8-2-5-12(6-3-8)9(10)13/h8,11H,2-7H2,1H3,(H2,10,13). The molecule has 1 saturated heterocycles. The van der Waals surface area contributed by atoms with Crippen LogP contribution in [-0.2, 0) is 10.8 Å². The Morgan fingerprint density at radius 3 is 2.60 bits per heavy atom. The van der Waals surface area contributed by atoms with Crippen LogP contribution in [0.15, 0.2) is 0 Å². The molecule has 15 heavy (non-hydrogen) atoms. The summed E-state index contributed by atoms with van der Waals surface area (Å²) in [6.45, 7) is 2.23. The second kappa shape index (κ2) is 6.07. The molecule has 0 aromatic heterocycles. The third kappa shape index (κ3) is 4.61. The summed E-state index contributed by atoms with van der Waals surface area (Å²) >= 11 is 0. The van der Waals surface area contributed by atoms with Gasteiger partial charge in [0, 0.05) is 48.5 Å². The molecule has 1 atom stereocenters. The van der Waals surface area contributed by atoms with E-state index >= 15 is 0 Å². The van der Waals surface area contributed by atoms with Gasteiger partial charge in [-0.3, -0.25) is 4.21 Å². The van der Waals surface area contributed by atoms with E-state index in [1.807, 2.05) is 0 Å². The van der Waals surface area contributed by atoms with Crippen molar-refractivity contribution >= 4 is 16.8 Å². The number of hydrogen-bond acceptors (Lipinski definition) is 3. The van der Waals surface area contributed by atoms with Crippen molar-refractivity contribution < 1.29 is 9.00 Å². The van der Waals surface area contributed by atoms with Crippen molar-refractivity contribution in [1.29, 1.82) is 0 Å². The summed E-state index contributed by atoms with van der Waals surface area (Å²) in [7, 11) is -0.731. The maximum atomic E-state index is 10.9. The summed E-state index contributed by atoms with van der Waals surface area (Å²) in [5, 5.41) is 3.34. The molecule has 0 aromatic carbocycles. The van der Waals surface area contributed by atoms with Gasteiger partial charge in [0.1, 0.15) is 0 Å². The van der Waals surface area contributed by atoms with Crippen molar-refractivity contribution in [3.63, 3.8) is 0 Å². The molecule has 1 rings (SSSR count). The minimum Gasteiger partial charge on any atom is -0.351 e. The van der Waals surface area contributed by atoms with Gasteiger partial charge in [0.15, 0.2) is 0 Å². The van der Waals surface area contributed by atoms with E-state index in [1.54, 1.807) is 11.2 Å². The average Bonchev–Trinajstić information content (AvgIpc) is 2.18. The number of primary amides is 1. The normalized spacial score (nSPS) is 20.2. The maximum absolute atomic E-state index is 10.9. The zero-order valence-corrected chi connectivity index (χ0v) is 9.89. The molecular formula is C9H19N3O2S. The first-order valence-corrected chi connectivity index (χ1v) is 6.90. The van der Waals surface area contributed by atoms with Gasteiger partial charge in [-0.25, -0.2) is 4.79 Å². The lowest BCUT2D eigenvalue weighted by Gasteiger charge is -2.31. The van der Waals surface area contributed by atoms with Gasteiger partial charge in [-0.2, -0.15) is 0 Å². The molecule has 2 amide bonds. The molecule has 0 saturated carbocycles. The summed E-state index contributed by atoms with van der Waals surface area (Å²) in [5.74, 6) is 0.691. The van der Waals surface area contributed by atoms with Gasteiger partial charge in [-0.15, -0.1) is 0 Å². The highest BCUT2D eigenvalue weighted by Gasteiger charge is 2.20. The summed E-state index contributed by atoms with van der Waals surface area (Å²) in [4.78, 5) is 12.5. The summed E-state index contributed by atoms with van der Waals surface area (Å²) < 4.78 is 10.8. The van der Waals surface area contributed by atoms with Gasteiger partial charge in [-0.1, -0.05) is 0 Å². The predicted molar refractivity (Wildman–Crippen MR) is 61.1 cm³/mol. The molecule has 1 heterocycles. The number of urea groups is 1. The van der Waals surface area contributed by atoms with Crippen LogP contribution in [0.1, 0.15) is 12.8 Å². The summed E-state index contributed by atoms with van der Waals surface area (Å²) in [6, 6.07) is 0.104. The first kappa shape index (κ1) is 12.4. The van der Waals surface area contributed by atoms with Crippen LogP contribution >= 0.6 is 0 Å². The second-order valence-corrected chi connectivity index (χ2v) is 5.39. The van der Waals surface area contributed by atoms with Crippen molar-refractivity contribution in [3.05, 3.63) is 0 Å². The predicted octanol–water partition coefficient (Wildman–Crippen LogP) is -0.502. The number of amides is 2. The van der Waals surface area contributed by atoms with Crippen LogP contribution in [0.5, 0.6) is 0 Å². The smallest absolute Gasteiger partial charge is 0.314 e. The number of carbonyl (C=O) groups is 1. The minimum atomic E-state index is -0.731. The number of likely N-dealkylation sites (tertiary alicyclic amines) is 1. The highest BCUT2D eigenvalue weighted by atomic mass is 32.2. The molecule has 3 N–H and O–H groups in total. The summed E-state index contributed by atoms with van der Waals surface area (Å²) in [5.41, 5.74) is 5.18. The average molecular weight is 233 g/mol. The van der Waals surface area contributed by atoms with E-state index in [9.17, 15) is 9.00 Å². The lowest BCUT2D eigenvalue weighted by molar-refractivity contribution is 0.186. The van der Waals surface area contributed by atoms with Crippen LogP contribution in [0.2, 0.25) is 0 Å². The number of rotatable bonds is 4. The number of nitrogens with zero attached hydrogens (tertiary/aromatic N) is 1. The van der Waals surface area contributed by atoms with Crippen LogP contribution in [-0.4, -0.2) is 52.8 Å². The zero-order chi connectivity index (χ0) is 11.3. The van der Waals surface area contributed by atoms with E-state index in [2.05, 4.69) is 5.32 Å². The van der Waals surface area contributed by atoms with Crippen LogP contribution in [0, 0.1) is 0 Å². The Labute approximate surface area is 92.8 Å². The minimum absolute atomic E-state index is 0.330. The van der Waals surface area contributed by atoms with Crippen molar-refractivity contribution in [2.24, 2.45) is 5.73 Å². The zero-order valence-electron chi connectivity index (χ0n) is 9.07. The Morgan fingerprint density at radius 1 is 1.53 bits per heavy atom. The highest BCUT2D eigenvalue weighted by Crippen LogP contribution is 2.09. The van der Waals surface area contributed by atoms with Crippen molar-refractivity contribution in [2.45, 2.75) is 18.9 Å². The lowest BCUT2D eigenvalue weighted by Crippen LogP contribution is -2.47. The quantitative estimate of drug-likeness (QED) is 0.687. The molecule has 6 heteroatoms. The molecule has 88 valence electrons. The number of nitrogens with two attached hydrogens (primary N) is 1. The third-order valence-corrected chi connectivity index (χ3v) is 3.41. The van der Waals surface area contributed by atoms with E-state index in [-0.39, 0.29) is 6.03 Å². The van der Waals surface area contributed by atoms with Crippen LogP contribution in [0.3, 0.4) is 0 Å². The Kier molecular flexibility index (Phi) is 5.04. The Bertz CT molecular complexity index is 237. The number of piperidine rings is 1. The fraction of sp³-hybridized carbons (Fsp3) is 0.889. The molecule has 0 spiro atoms. The van der Waals surface area contributed by atoms with Gasteiger partial charge in [-0.05, 0) is 12.8 Å². The number of hydrogen-bond donors (Lipinski definition) is 2. The SMILES string of the molecule is CS(=O)CCNC1CCN(C(N)=O)CC1. The fourth-order valence-electron chi connectivity index (χ4n) is 1.71. The fourth-order valence-corrected chi connectivity index (χ4v) is 2.12. The Balaban J connectivity index is 2.14. The lowest BCUT2D eigenvalue weighted by atomic mass is 10.1. The Hall–Kier alpha value is -0.620. The van der Waals surface area contributed by atoms with Gasteiger partial charge in [0.05, 0.1) is 0 Å². The van der Waals surface area contributed by atoms with Crippen molar-refractivity contribution in [3.8, 4) is 0 Å².